The van der Waals surface area contributed by atoms with Crippen molar-refractivity contribution in [1.82, 2.24) is 24.9 Å². The first-order chi connectivity index (χ1) is 9.06. The van der Waals surface area contributed by atoms with Crippen LogP contribution in [0.1, 0.15) is 38.1 Å². The second-order valence-corrected chi connectivity index (χ2v) is 7.61. The van der Waals surface area contributed by atoms with Crippen molar-refractivity contribution < 1.29 is 8.42 Å². The number of nitrogens with one attached hydrogen (secondary N) is 1. The van der Waals surface area contributed by atoms with Gasteiger partial charge in [-0.2, -0.15) is 0 Å². The molecule has 1 aliphatic rings. The molecule has 0 unspecified atom stereocenters. The second-order valence-electron chi connectivity index (χ2n) is 4.71. The largest absolute Gasteiger partial charge is 0.217 e. The molecule has 108 valence electrons. The van der Waals surface area contributed by atoms with Crippen LogP contribution in [0, 0.1) is 0 Å². The number of aromatic nitrogens is 4. The van der Waals surface area contributed by atoms with Gasteiger partial charge in [0, 0.05) is 12.3 Å². The van der Waals surface area contributed by atoms with E-state index in [1.54, 1.807) is 0 Å². The van der Waals surface area contributed by atoms with Gasteiger partial charge in [-0.05, 0) is 23.3 Å². The van der Waals surface area contributed by atoms with E-state index in [-0.39, 0.29) is 0 Å². The van der Waals surface area contributed by atoms with Crippen molar-refractivity contribution in [3.63, 3.8) is 0 Å². The Balaban J connectivity index is 1.85. The van der Waals surface area contributed by atoms with Crippen LogP contribution in [-0.2, 0) is 10.0 Å². The van der Waals surface area contributed by atoms with Crippen molar-refractivity contribution in [2.24, 2.45) is 0 Å². The molecule has 0 atom stereocenters. The minimum atomic E-state index is -3.12. The lowest BCUT2D eigenvalue weighted by molar-refractivity contribution is 0.307. The number of rotatable bonds is 6. The zero-order valence-corrected chi connectivity index (χ0v) is 12.6. The minimum absolute atomic E-state index is 0.390. The van der Waals surface area contributed by atoms with Gasteiger partial charge in [0.1, 0.15) is 0 Å². The van der Waals surface area contributed by atoms with E-state index in [0.29, 0.717) is 18.3 Å². The van der Waals surface area contributed by atoms with Crippen LogP contribution in [0.25, 0.3) is 0 Å². The smallest absolute Gasteiger partial charge is 0.209 e. The molecule has 9 heteroatoms. The average molecular weight is 305 g/mol. The summed E-state index contributed by atoms with van der Waals surface area (Å²) in [4.78, 5) is 0. The van der Waals surface area contributed by atoms with Crippen molar-refractivity contribution in [2.75, 3.05) is 18.6 Å². The number of hydrogen-bond acceptors (Lipinski definition) is 6. The molecule has 1 heterocycles. The van der Waals surface area contributed by atoms with E-state index in [4.69, 9.17) is 0 Å². The van der Waals surface area contributed by atoms with Gasteiger partial charge in [0.2, 0.25) is 15.2 Å². The van der Waals surface area contributed by atoms with Crippen LogP contribution in [0.5, 0.6) is 0 Å². The van der Waals surface area contributed by atoms with Crippen LogP contribution >= 0.6 is 11.8 Å². The SMILES string of the molecule is CS(=O)(=O)NCCSc1nnnn1C1CCCCC1. The molecule has 1 fully saturated rings. The Morgan fingerprint density at radius 3 is 2.79 bits per heavy atom. The standard InChI is InChI=1S/C10H19N5O2S2/c1-19(16,17)11-7-8-18-10-12-13-14-15(10)9-5-3-2-4-6-9/h9,11H,2-8H2,1H3. The van der Waals surface area contributed by atoms with Crippen LogP contribution < -0.4 is 4.72 Å². The van der Waals surface area contributed by atoms with Crippen molar-refractivity contribution in [1.29, 1.82) is 0 Å². The lowest BCUT2D eigenvalue weighted by Gasteiger charge is -2.21. The number of thioether (sulfide) groups is 1. The Bertz CT molecular complexity index is 496. The number of hydrogen-bond donors (Lipinski definition) is 1. The van der Waals surface area contributed by atoms with Gasteiger partial charge in [0.25, 0.3) is 0 Å². The van der Waals surface area contributed by atoms with E-state index in [9.17, 15) is 8.42 Å². The fraction of sp³-hybridized carbons (Fsp3) is 0.900. The van der Waals surface area contributed by atoms with E-state index < -0.39 is 10.0 Å². The first-order valence-electron chi connectivity index (χ1n) is 6.41. The van der Waals surface area contributed by atoms with Gasteiger partial charge in [-0.25, -0.2) is 17.8 Å². The van der Waals surface area contributed by atoms with Gasteiger partial charge in [0.15, 0.2) is 0 Å². The van der Waals surface area contributed by atoms with Gasteiger partial charge in [-0.3, -0.25) is 0 Å². The summed E-state index contributed by atoms with van der Waals surface area (Å²) in [5, 5.41) is 12.6. The van der Waals surface area contributed by atoms with Crippen molar-refractivity contribution in [2.45, 2.75) is 43.3 Å². The van der Waals surface area contributed by atoms with Crippen LogP contribution in [0.2, 0.25) is 0 Å². The lowest BCUT2D eigenvalue weighted by Crippen LogP contribution is -2.24. The van der Waals surface area contributed by atoms with Gasteiger partial charge in [-0.1, -0.05) is 31.0 Å². The molecular formula is C10H19N5O2S2. The molecule has 1 N–H and O–H groups in total. The quantitative estimate of drug-likeness (QED) is 0.618. The zero-order chi connectivity index (χ0) is 13.7. The number of tetrazole rings is 1. The normalized spacial score (nSPS) is 17.7. The summed E-state index contributed by atoms with van der Waals surface area (Å²) in [5.74, 6) is 0.625. The third-order valence-corrected chi connectivity index (χ3v) is 4.74. The summed E-state index contributed by atoms with van der Waals surface area (Å²) in [6, 6.07) is 0.397. The van der Waals surface area contributed by atoms with Gasteiger partial charge < -0.3 is 0 Å². The Hall–Kier alpha value is -0.670. The van der Waals surface area contributed by atoms with Crippen LogP contribution in [0.4, 0.5) is 0 Å². The van der Waals surface area contributed by atoms with Crippen molar-refractivity contribution in [3.8, 4) is 0 Å². The highest BCUT2D eigenvalue weighted by Crippen LogP contribution is 2.29. The molecule has 1 aromatic heterocycles. The number of sulfonamides is 1. The summed E-state index contributed by atoms with van der Waals surface area (Å²) < 4.78 is 26.2. The second kappa shape index (κ2) is 6.67. The van der Waals surface area contributed by atoms with E-state index in [0.717, 1.165) is 24.3 Å². The van der Waals surface area contributed by atoms with E-state index in [2.05, 4.69) is 20.2 Å². The first kappa shape index (κ1) is 14.7. The fourth-order valence-corrected chi connectivity index (χ4v) is 3.61. The summed E-state index contributed by atoms with van der Waals surface area (Å²) in [6.07, 6.45) is 7.15. The van der Waals surface area contributed by atoms with Gasteiger partial charge in [0.05, 0.1) is 12.3 Å². The molecule has 0 saturated heterocycles. The molecule has 0 aliphatic heterocycles. The monoisotopic (exact) mass is 305 g/mol. The van der Waals surface area contributed by atoms with Crippen LogP contribution in [-0.4, -0.2) is 47.2 Å². The summed E-state index contributed by atoms with van der Waals surface area (Å²) in [6.45, 7) is 0.390. The minimum Gasteiger partial charge on any atom is -0.217 e. The predicted octanol–water partition coefficient (Wildman–Crippen LogP) is 0.820. The molecule has 7 nitrogen and oxygen atoms in total. The fourth-order valence-electron chi connectivity index (χ4n) is 2.20. The molecule has 1 saturated carbocycles. The first-order valence-corrected chi connectivity index (χ1v) is 9.29. The van der Waals surface area contributed by atoms with E-state index in [1.165, 1.54) is 31.0 Å². The third kappa shape index (κ3) is 4.73. The highest BCUT2D eigenvalue weighted by molar-refractivity contribution is 7.99. The van der Waals surface area contributed by atoms with Gasteiger partial charge in [-0.15, -0.1) is 5.10 Å². The van der Waals surface area contributed by atoms with E-state index >= 15 is 0 Å². The van der Waals surface area contributed by atoms with Crippen LogP contribution in [0.15, 0.2) is 5.16 Å². The van der Waals surface area contributed by atoms with Crippen molar-refractivity contribution >= 4 is 21.8 Å². The third-order valence-electron chi connectivity index (χ3n) is 3.08. The maximum Gasteiger partial charge on any atom is 0.209 e. The molecule has 0 bridgehead atoms. The number of nitrogens with zero attached hydrogens (tertiary/aromatic N) is 4. The summed E-state index contributed by atoms with van der Waals surface area (Å²) in [7, 11) is -3.12. The Kier molecular flexibility index (Phi) is 5.17. The maximum absolute atomic E-state index is 10.9. The Labute approximate surface area is 117 Å². The Morgan fingerprint density at radius 2 is 2.11 bits per heavy atom. The molecule has 2 rings (SSSR count). The molecule has 19 heavy (non-hydrogen) atoms. The molecule has 1 aromatic rings. The molecule has 0 aromatic carbocycles. The summed E-state index contributed by atoms with van der Waals surface area (Å²) in [5.41, 5.74) is 0. The molecular weight excluding hydrogens is 286 g/mol. The zero-order valence-electron chi connectivity index (χ0n) is 10.9. The van der Waals surface area contributed by atoms with Crippen LogP contribution in [0.3, 0.4) is 0 Å². The highest BCUT2D eigenvalue weighted by atomic mass is 32.2. The van der Waals surface area contributed by atoms with Gasteiger partial charge >= 0.3 is 0 Å². The highest BCUT2D eigenvalue weighted by Gasteiger charge is 2.20. The molecule has 1 aliphatic carbocycles. The molecule has 0 amide bonds. The maximum atomic E-state index is 10.9. The van der Waals surface area contributed by atoms with Crippen molar-refractivity contribution in [3.05, 3.63) is 0 Å². The lowest BCUT2D eigenvalue weighted by atomic mass is 9.96. The molecule has 0 spiro atoms. The molecule has 0 radical (unpaired) electrons. The Morgan fingerprint density at radius 1 is 1.37 bits per heavy atom. The average Bonchev–Trinajstić information content (AvgIpc) is 2.83. The van der Waals surface area contributed by atoms with E-state index in [1.807, 2.05) is 4.68 Å². The topological polar surface area (TPSA) is 89.8 Å². The summed E-state index contributed by atoms with van der Waals surface area (Å²) >= 11 is 1.49. The predicted molar refractivity (Wildman–Crippen MR) is 73.5 cm³/mol.